The maximum atomic E-state index is 15.8. The Labute approximate surface area is 216 Å². The van der Waals surface area contributed by atoms with Crippen LogP contribution < -0.4 is 0 Å². The first-order valence-electron chi connectivity index (χ1n) is 13.2. The molecule has 1 saturated heterocycles. The third-order valence-corrected chi connectivity index (χ3v) is 8.37. The van der Waals surface area contributed by atoms with Gasteiger partial charge in [0, 0.05) is 43.0 Å². The van der Waals surface area contributed by atoms with Crippen LogP contribution in [0.15, 0.2) is 42.5 Å². The fourth-order valence-electron chi connectivity index (χ4n) is 5.83. The van der Waals surface area contributed by atoms with E-state index in [-0.39, 0.29) is 24.7 Å². The van der Waals surface area contributed by atoms with Crippen LogP contribution in [0.4, 0.5) is 4.39 Å². The van der Waals surface area contributed by atoms with Crippen molar-refractivity contribution in [3.05, 3.63) is 76.1 Å². The maximum Gasteiger partial charge on any atom is 0.253 e. The Morgan fingerprint density at radius 3 is 2.59 bits per heavy atom. The Hall–Kier alpha value is -3.50. The molecule has 2 fully saturated rings. The molecule has 0 spiro atoms. The predicted molar refractivity (Wildman–Crippen MR) is 138 cm³/mol. The number of nitrogens with zero attached hydrogens (tertiary/aromatic N) is 3. The van der Waals surface area contributed by atoms with E-state index in [9.17, 15) is 4.79 Å². The third kappa shape index (κ3) is 4.34. The zero-order chi connectivity index (χ0) is 25.6. The molecule has 1 aliphatic carbocycles. The molecular formula is C30H31FN4O2. The van der Waals surface area contributed by atoms with E-state index in [4.69, 9.17) is 15.0 Å². The van der Waals surface area contributed by atoms with Crippen LogP contribution in [0, 0.1) is 11.3 Å². The molecule has 2 aliphatic heterocycles. The minimum Gasteiger partial charge on any atom is -0.374 e. The van der Waals surface area contributed by atoms with Crippen LogP contribution in [0.5, 0.6) is 0 Å². The first kappa shape index (κ1) is 23.9. The Morgan fingerprint density at radius 1 is 1.19 bits per heavy atom. The van der Waals surface area contributed by atoms with Gasteiger partial charge in [0.15, 0.2) is 0 Å². The minimum absolute atomic E-state index is 0.0729. The van der Waals surface area contributed by atoms with Gasteiger partial charge in [0.05, 0.1) is 36.2 Å². The number of aromatic nitrogens is 2. The van der Waals surface area contributed by atoms with Gasteiger partial charge >= 0.3 is 0 Å². The third-order valence-electron chi connectivity index (χ3n) is 8.37. The van der Waals surface area contributed by atoms with Crippen molar-refractivity contribution in [3.63, 3.8) is 0 Å². The molecule has 190 valence electrons. The summed E-state index contributed by atoms with van der Waals surface area (Å²) in [4.78, 5) is 23.7. The van der Waals surface area contributed by atoms with Crippen molar-refractivity contribution in [2.75, 3.05) is 19.7 Å². The highest BCUT2D eigenvalue weighted by atomic mass is 19.1. The first-order chi connectivity index (χ1) is 17.9. The van der Waals surface area contributed by atoms with E-state index in [1.54, 1.807) is 29.2 Å². The Balaban J connectivity index is 1.24. The number of amides is 1. The second-order valence-electron chi connectivity index (χ2n) is 10.7. The number of fused-ring (bicyclic) bond motifs is 1. The Kier molecular flexibility index (Phi) is 6.08. The van der Waals surface area contributed by atoms with Crippen LogP contribution in [0.25, 0.3) is 11.4 Å². The second-order valence-corrected chi connectivity index (χ2v) is 10.7. The number of rotatable bonds is 4. The number of imidazole rings is 1. The molecule has 2 aromatic carbocycles. The molecular weight excluding hydrogens is 467 g/mol. The number of hydrogen-bond acceptors (Lipinski definition) is 4. The molecule has 6 rings (SSSR count). The van der Waals surface area contributed by atoms with Gasteiger partial charge in [-0.15, -0.1) is 0 Å². The van der Waals surface area contributed by atoms with Crippen LogP contribution in [-0.4, -0.2) is 40.5 Å². The summed E-state index contributed by atoms with van der Waals surface area (Å²) in [6, 6.07) is 14.7. The molecule has 1 atom stereocenters. The summed E-state index contributed by atoms with van der Waals surface area (Å²) in [5.74, 6) is 1.46. The molecule has 1 saturated carbocycles. The zero-order valence-corrected chi connectivity index (χ0v) is 21.1. The van der Waals surface area contributed by atoms with E-state index >= 15 is 4.39 Å². The van der Waals surface area contributed by atoms with E-state index in [2.05, 4.69) is 24.0 Å². The number of ether oxygens (including phenoxy) is 1. The summed E-state index contributed by atoms with van der Waals surface area (Å²) in [5.41, 5.74) is 4.51. The Bertz CT molecular complexity index is 1360. The smallest absolute Gasteiger partial charge is 0.253 e. The monoisotopic (exact) mass is 498 g/mol. The maximum absolute atomic E-state index is 15.8. The van der Waals surface area contributed by atoms with Crippen LogP contribution in [0.2, 0.25) is 0 Å². The number of benzene rings is 2. The Morgan fingerprint density at radius 2 is 1.95 bits per heavy atom. The number of H-pyrrole nitrogens is 1. The first-order valence-corrected chi connectivity index (χ1v) is 13.2. The number of piperidine rings is 1. The van der Waals surface area contributed by atoms with Crippen molar-refractivity contribution in [3.8, 4) is 17.5 Å². The van der Waals surface area contributed by atoms with Crippen LogP contribution in [0.3, 0.4) is 0 Å². The topological polar surface area (TPSA) is 82.0 Å². The number of carbonyl (C=O) groups is 1. The predicted octanol–water partition coefficient (Wildman–Crippen LogP) is 5.95. The molecule has 0 unspecified atom stereocenters. The number of aromatic amines is 1. The van der Waals surface area contributed by atoms with Gasteiger partial charge in [-0.05, 0) is 54.2 Å². The highest BCUT2D eigenvalue weighted by Crippen LogP contribution is 2.42. The number of carbonyl (C=O) groups excluding carboxylic acids is 1. The summed E-state index contributed by atoms with van der Waals surface area (Å²) in [7, 11) is 0. The normalized spacial score (nSPS) is 21.1. The van der Waals surface area contributed by atoms with Gasteiger partial charge in [-0.25, -0.2) is 9.37 Å². The van der Waals surface area contributed by atoms with Crippen molar-refractivity contribution in [2.45, 2.75) is 63.1 Å². The lowest BCUT2D eigenvalue weighted by Crippen LogP contribution is -2.43. The standard InChI is InChI=1S/C30H31FN4O2/c1-19-17-37-18-26-27(19)34-28(33-26)25-15-22(7-10-24(25)21-3-2-4-21)29(36)35-13-11-30(31,12-14-35)23-8-5-20(16-32)6-9-23/h5-10,15,19,21H,2-4,11-14,17-18H2,1H3,(H,33,34)/t19-/m1/s1. The number of hydrogen-bond donors (Lipinski definition) is 1. The lowest BCUT2D eigenvalue weighted by Gasteiger charge is -2.37. The molecule has 3 aromatic rings. The van der Waals surface area contributed by atoms with E-state index in [1.807, 2.05) is 12.1 Å². The van der Waals surface area contributed by atoms with Gasteiger partial charge in [0.1, 0.15) is 11.5 Å². The lowest BCUT2D eigenvalue weighted by molar-refractivity contribution is 0.0421. The number of likely N-dealkylation sites (tertiary alicyclic amines) is 1. The van der Waals surface area contributed by atoms with Gasteiger partial charge in [-0.3, -0.25) is 4.79 Å². The fraction of sp³-hybridized carbons (Fsp3) is 0.433. The van der Waals surface area contributed by atoms with Gasteiger partial charge in [0.2, 0.25) is 0 Å². The minimum atomic E-state index is -1.49. The highest BCUT2D eigenvalue weighted by molar-refractivity contribution is 5.95. The van der Waals surface area contributed by atoms with Gasteiger partial charge in [0.25, 0.3) is 5.91 Å². The molecule has 3 aliphatic rings. The molecule has 1 amide bonds. The van der Waals surface area contributed by atoms with Gasteiger partial charge < -0.3 is 14.6 Å². The summed E-state index contributed by atoms with van der Waals surface area (Å²) in [5, 5.41) is 9.02. The summed E-state index contributed by atoms with van der Waals surface area (Å²) in [6.07, 6.45) is 4.00. The average Bonchev–Trinajstić information content (AvgIpc) is 3.34. The molecule has 1 aromatic heterocycles. The molecule has 7 heteroatoms. The molecule has 6 nitrogen and oxygen atoms in total. The summed E-state index contributed by atoms with van der Waals surface area (Å²) in [6.45, 7) is 4.01. The van der Waals surface area contributed by atoms with Crippen LogP contribution in [0.1, 0.15) is 89.3 Å². The van der Waals surface area contributed by atoms with E-state index in [1.165, 1.54) is 12.0 Å². The molecule has 1 N–H and O–H groups in total. The van der Waals surface area contributed by atoms with Crippen molar-refractivity contribution < 1.29 is 13.9 Å². The highest BCUT2D eigenvalue weighted by Gasteiger charge is 2.38. The fourth-order valence-corrected chi connectivity index (χ4v) is 5.83. The van der Waals surface area contributed by atoms with Gasteiger partial charge in [-0.2, -0.15) is 5.26 Å². The second kappa shape index (κ2) is 9.42. The molecule has 0 bridgehead atoms. The van der Waals surface area contributed by atoms with E-state index in [0.717, 1.165) is 35.6 Å². The SMILES string of the molecule is C[C@@H]1COCc2[nH]c(-c3cc(C(=O)N4CCC(F)(c5ccc(C#N)cc5)CC4)ccc3C3CCC3)nc21. The van der Waals surface area contributed by atoms with Gasteiger partial charge in [-0.1, -0.05) is 31.5 Å². The van der Waals surface area contributed by atoms with E-state index in [0.29, 0.717) is 48.9 Å². The quantitative estimate of drug-likeness (QED) is 0.482. The number of nitrogens with one attached hydrogen (secondary N) is 1. The van der Waals surface area contributed by atoms with Crippen molar-refractivity contribution >= 4 is 5.91 Å². The van der Waals surface area contributed by atoms with Crippen LogP contribution >= 0.6 is 0 Å². The van der Waals surface area contributed by atoms with Crippen molar-refractivity contribution in [1.29, 1.82) is 5.26 Å². The molecule has 3 heterocycles. The summed E-state index contributed by atoms with van der Waals surface area (Å²) < 4.78 is 21.4. The average molecular weight is 499 g/mol. The lowest BCUT2D eigenvalue weighted by atomic mass is 9.77. The number of nitriles is 1. The summed E-state index contributed by atoms with van der Waals surface area (Å²) >= 11 is 0. The molecule has 0 radical (unpaired) electrons. The van der Waals surface area contributed by atoms with Crippen molar-refractivity contribution in [1.82, 2.24) is 14.9 Å². The number of halogens is 1. The number of alkyl halides is 1. The molecule has 37 heavy (non-hydrogen) atoms. The largest absolute Gasteiger partial charge is 0.374 e. The zero-order valence-electron chi connectivity index (χ0n) is 21.1. The van der Waals surface area contributed by atoms with E-state index < -0.39 is 5.67 Å². The van der Waals surface area contributed by atoms with Crippen LogP contribution in [-0.2, 0) is 17.0 Å². The van der Waals surface area contributed by atoms with Crippen molar-refractivity contribution in [2.24, 2.45) is 0 Å².